The van der Waals surface area contributed by atoms with Crippen molar-refractivity contribution in [3.8, 4) is 0 Å². The van der Waals surface area contributed by atoms with Crippen molar-refractivity contribution in [2.75, 3.05) is 23.0 Å². The van der Waals surface area contributed by atoms with Gasteiger partial charge in [0, 0.05) is 29.3 Å². The molecule has 1 unspecified atom stereocenters. The van der Waals surface area contributed by atoms with Crippen molar-refractivity contribution in [2.45, 2.75) is 21.4 Å². The number of rotatable bonds is 7. The maximum Gasteiger partial charge on any atom is 0.231 e. The lowest BCUT2D eigenvalue weighted by Gasteiger charge is -2.17. The number of carbonyl (C=O) groups is 2. The minimum atomic E-state index is -0.403. The first-order chi connectivity index (χ1) is 14.6. The maximum atomic E-state index is 12.7. The van der Waals surface area contributed by atoms with E-state index in [9.17, 15) is 9.59 Å². The van der Waals surface area contributed by atoms with Gasteiger partial charge in [-0.2, -0.15) is 0 Å². The molecule has 1 fully saturated rings. The smallest absolute Gasteiger partial charge is 0.231 e. The van der Waals surface area contributed by atoms with Gasteiger partial charge < -0.3 is 10.2 Å². The average molecular weight is 457 g/mol. The molecule has 1 N–H and O–H groups in total. The normalized spacial score (nSPS) is 16.1. The lowest BCUT2D eigenvalue weighted by Crippen LogP contribution is -2.28. The zero-order valence-electron chi connectivity index (χ0n) is 16.3. The second kappa shape index (κ2) is 9.63. The van der Waals surface area contributed by atoms with E-state index in [4.69, 9.17) is 0 Å². The first-order valence-corrected chi connectivity index (χ1v) is 12.4. The molecule has 1 aromatic heterocycles. The second-order valence-corrected chi connectivity index (χ2v) is 9.82. The van der Waals surface area contributed by atoms with E-state index in [-0.39, 0.29) is 18.2 Å². The van der Waals surface area contributed by atoms with Crippen LogP contribution < -0.4 is 10.2 Å². The highest BCUT2D eigenvalue weighted by Crippen LogP contribution is 2.31. The maximum absolute atomic E-state index is 12.7. The number of benzene rings is 2. The lowest BCUT2D eigenvalue weighted by molar-refractivity contribution is -0.122. The first kappa shape index (κ1) is 20.9. The van der Waals surface area contributed by atoms with Crippen LogP contribution in [0.2, 0.25) is 0 Å². The molecule has 3 aromatic rings. The number of thioether (sulfide) groups is 2. The Morgan fingerprint density at radius 1 is 1.20 bits per heavy atom. The molecule has 1 saturated heterocycles. The molecule has 30 heavy (non-hydrogen) atoms. The number of anilines is 2. The fraction of sp³-hybridized carbons (Fsp3) is 0.238. The summed E-state index contributed by atoms with van der Waals surface area (Å²) in [5.74, 6) is 0.164. The molecule has 6 nitrogen and oxygen atoms in total. The predicted molar refractivity (Wildman–Crippen MR) is 123 cm³/mol. The van der Waals surface area contributed by atoms with Crippen molar-refractivity contribution in [3.05, 3.63) is 60.2 Å². The third-order valence-electron chi connectivity index (χ3n) is 4.70. The molecule has 4 rings (SSSR count). The number of amides is 2. The van der Waals surface area contributed by atoms with Crippen LogP contribution in [0.1, 0.15) is 12.0 Å². The summed E-state index contributed by atoms with van der Waals surface area (Å²) < 4.78 is 0.798. The van der Waals surface area contributed by atoms with Gasteiger partial charge in [0.15, 0.2) is 4.34 Å². The highest BCUT2D eigenvalue weighted by Gasteiger charge is 2.35. The fourth-order valence-electron chi connectivity index (χ4n) is 3.16. The molecule has 2 heterocycles. The SMILES string of the molecule is CSc1cccc(N2CC(C(=O)Nc3nnc(SCc4ccccc4)s3)CC2=O)c1. The molecule has 0 saturated carbocycles. The molecule has 1 atom stereocenters. The Labute approximate surface area is 187 Å². The highest BCUT2D eigenvalue weighted by molar-refractivity contribution is 8.00. The topological polar surface area (TPSA) is 75.2 Å². The first-order valence-electron chi connectivity index (χ1n) is 9.38. The van der Waals surface area contributed by atoms with Crippen LogP contribution in [0.25, 0.3) is 0 Å². The highest BCUT2D eigenvalue weighted by atomic mass is 32.2. The van der Waals surface area contributed by atoms with E-state index in [2.05, 4.69) is 27.6 Å². The van der Waals surface area contributed by atoms with E-state index < -0.39 is 5.92 Å². The van der Waals surface area contributed by atoms with Crippen LogP contribution >= 0.6 is 34.9 Å². The minimum absolute atomic E-state index is 0.0372. The third-order valence-corrected chi connectivity index (χ3v) is 7.47. The van der Waals surface area contributed by atoms with Crippen LogP contribution in [-0.2, 0) is 15.3 Å². The third kappa shape index (κ3) is 5.03. The standard InChI is InChI=1S/C21H20N4O2S3/c1-28-17-9-5-8-16(11-17)25-12-15(10-18(25)26)19(27)22-20-23-24-21(30-20)29-13-14-6-3-2-4-7-14/h2-9,11,15H,10,12-13H2,1H3,(H,22,23,27). The summed E-state index contributed by atoms with van der Waals surface area (Å²) in [6.45, 7) is 0.372. The lowest BCUT2D eigenvalue weighted by atomic mass is 10.1. The van der Waals surface area contributed by atoms with E-state index in [0.717, 1.165) is 20.7 Å². The number of nitrogens with zero attached hydrogens (tertiary/aromatic N) is 3. The summed E-state index contributed by atoms with van der Waals surface area (Å²) in [7, 11) is 0. The molecule has 2 amide bonds. The van der Waals surface area contributed by atoms with Gasteiger partial charge >= 0.3 is 0 Å². The van der Waals surface area contributed by atoms with Crippen LogP contribution in [0.4, 0.5) is 10.8 Å². The molecule has 0 bridgehead atoms. The Bertz CT molecular complexity index is 1040. The summed E-state index contributed by atoms with van der Waals surface area (Å²) in [4.78, 5) is 27.9. The van der Waals surface area contributed by atoms with Gasteiger partial charge in [-0.1, -0.05) is 59.5 Å². The van der Waals surface area contributed by atoms with E-state index in [1.54, 1.807) is 28.4 Å². The van der Waals surface area contributed by atoms with Crippen molar-refractivity contribution in [1.29, 1.82) is 0 Å². The molecule has 1 aliphatic rings. The summed E-state index contributed by atoms with van der Waals surface area (Å²) in [6, 6.07) is 17.9. The number of hydrogen-bond acceptors (Lipinski definition) is 7. The Morgan fingerprint density at radius 3 is 2.83 bits per heavy atom. The van der Waals surface area contributed by atoms with Crippen LogP contribution in [-0.4, -0.2) is 34.8 Å². The van der Waals surface area contributed by atoms with Gasteiger partial charge in [0.25, 0.3) is 0 Å². The summed E-state index contributed by atoms with van der Waals surface area (Å²) in [5.41, 5.74) is 2.04. The molecule has 0 spiro atoms. The largest absolute Gasteiger partial charge is 0.312 e. The Kier molecular flexibility index (Phi) is 6.71. The Hall–Kier alpha value is -2.36. The van der Waals surface area contributed by atoms with Crippen molar-refractivity contribution >= 4 is 57.5 Å². The molecule has 0 radical (unpaired) electrons. The molecular formula is C21H20N4O2S3. The zero-order valence-corrected chi connectivity index (χ0v) is 18.7. The zero-order chi connectivity index (χ0) is 20.9. The Morgan fingerprint density at radius 2 is 2.03 bits per heavy atom. The number of carbonyl (C=O) groups excluding carboxylic acids is 2. The van der Waals surface area contributed by atoms with E-state index in [1.807, 2.05) is 48.7 Å². The summed E-state index contributed by atoms with van der Waals surface area (Å²) >= 11 is 4.56. The van der Waals surface area contributed by atoms with Gasteiger partial charge in [0.05, 0.1) is 5.92 Å². The number of nitrogens with one attached hydrogen (secondary N) is 1. The van der Waals surface area contributed by atoms with Gasteiger partial charge in [0.1, 0.15) is 0 Å². The van der Waals surface area contributed by atoms with Crippen molar-refractivity contribution in [2.24, 2.45) is 5.92 Å². The van der Waals surface area contributed by atoms with Gasteiger partial charge in [0.2, 0.25) is 16.9 Å². The van der Waals surface area contributed by atoms with Gasteiger partial charge in [-0.15, -0.1) is 22.0 Å². The van der Waals surface area contributed by atoms with Crippen LogP contribution in [0.3, 0.4) is 0 Å². The van der Waals surface area contributed by atoms with E-state index in [1.165, 1.54) is 16.9 Å². The summed E-state index contributed by atoms with van der Waals surface area (Å²) in [5, 5.41) is 11.5. The van der Waals surface area contributed by atoms with Crippen LogP contribution in [0, 0.1) is 5.92 Å². The van der Waals surface area contributed by atoms with E-state index >= 15 is 0 Å². The van der Waals surface area contributed by atoms with Crippen molar-refractivity contribution < 1.29 is 9.59 Å². The van der Waals surface area contributed by atoms with E-state index in [0.29, 0.717) is 11.7 Å². The molecule has 1 aliphatic heterocycles. The van der Waals surface area contributed by atoms with Crippen LogP contribution in [0.15, 0.2) is 63.8 Å². The molecule has 2 aromatic carbocycles. The van der Waals surface area contributed by atoms with Gasteiger partial charge in [-0.05, 0) is 30.0 Å². The number of aromatic nitrogens is 2. The van der Waals surface area contributed by atoms with Gasteiger partial charge in [-0.25, -0.2) is 0 Å². The Balaban J connectivity index is 1.34. The van der Waals surface area contributed by atoms with Crippen molar-refractivity contribution in [3.63, 3.8) is 0 Å². The predicted octanol–water partition coefficient (Wildman–Crippen LogP) is 4.54. The monoisotopic (exact) mass is 456 g/mol. The minimum Gasteiger partial charge on any atom is -0.312 e. The molecule has 9 heteroatoms. The number of hydrogen-bond donors (Lipinski definition) is 1. The quantitative estimate of drug-likeness (QED) is 0.415. The molecule has 154 valence electrons. The summed E-state index contributed by atoms with van der Waals surface area (Å²) in [6.07, 6.45) is 2.19. The second-order valence-electron chi connectivity index (χ2n) is 6.74. The molecular weight excluding hydrogens is 436 g/mol. The van der Waals surface area contributed by atoms with Crippen LogP contribution in [0.5, 0.6) is 0 Å². The average Bonchev–Trinajstić information content (AvgIpc) is 3.39. The fourth-order valence-corrected chi connectivity index (χ4v) is 5.32. The van der Waals surface area contributed by atoms with Crippen molar-refractivity contribution in [1.82, 2.24) is 10.2 Å². The molecule has 0 aliphatic carbocycles. The van der Waals surface area contributed by atoms with Gasteiger partial charge in [-0.3, -0.25) is 9.59 Å².